The third-order valence-corrected chi connectivity index (χ3v) is 6.70. The Morgan fingerprint density at radius 1 is 1.33 bits per heavy atom. The first kappa shape index (κ1) is 14.9. The summed E-state index contributed by atoms with van der Waals surface area (Å²) < 4.78 is 27.2. The largest absolute Gasteiger partial charge is 0.316 e. The molecule has 1 N–H and O–H groups in total. The number of pyridine rings is 1. The standard InChI is InChI=1S/C15H23N3O2S/c1-2-15-14-10-17-9-13(14)11-18(15)21(19,20)8-5-12-3-6-16-7-4-12/h3-4,6-7,13-15,17H,2,5,8-11H2,1H3. The van der Waals surface area contributed by atoms with Gasteiger partial charge in [0.15, 0.2) is 0 Å². The van der Waals surface area contributed by atoms with Crippen LogP contribution in [-0.4, -0.2) is 49.1 Å². The molecule has 3 atom stereocenters. The molecule has 3 unspecified atom stereocenters. The monoisotopic (exact) mass is 309 g/mol. The van der Waals surface area contributed by atoms with Gasteiger partial charge in [-0.05, 0) is 55.5 Å². The Morgan fingerprint density at radius 2 is 2.10 bits per heavy atom. The molecule has 0 aromatic carbocycles. The van der Waals surface area contributed by atoms with Crippen molar-refractivity contribution in [3.05, 3.63) is 30.1 Å². The van der Waals surface area contributed by atoms with Gasteiger partial charge in [-0.1, -0.05) is 6.92 Å². The van der Waals surface area contributed by atoms with Crippen LogP contribution in [0.15, 0.2) is 24.5 Å². The lowest BCUT2D eigenvalue weighted by molar-refractivity contribution is 0.329. The van der Waals surface area contributed by atoms with Crippen LogP contribution in [-0.2, 0) is 16.4 Å². The zero-order valence-corrected chi connectivity index (χ0v) is 13.2. The molecule has 0 spiro atoms. The van der Waals surface area contributed by atoms with Crippen molar-refractivity contribution in [1.82, 2.24) is 14.6 Å². The molecule has 5 nitrogen and oxygen atoms in total. The highest BCUT2D eigenvalue weighted by molar-refractivity contribution is 7.89. The first-order valence-corrected chi connectivity index (χ1v) is 9.32. The van der Waals surface area contributed by atoms with Crippen molar-refractivity contribution >= 4 is 10.0 Å². The van der Waals surface area contributed by atoms with Crippen LogP contribution in [0.2, 0.25) is 0 Å². The van der Waals surface area contributed by atoms with Gasteiger partial charge in [0.2, 0.25) is 10.0 Å². The zero-order valence-electron chi connectivity index (χ0n) is 12.4. The van der Waals surface area contributed by atoms with Crippen LogP contribution in [0.5, 0.6) is 0 Å². The lowest BCUT2D eigenvalue weighted by Gasteiger charge is -2.26. The second kappa shape index (κ2) is 6.02. The molecule has 1 aromatic heterocycles. The Balaban J connectivity index is 1.70. The molecular weight excluding hydrogens is 286 g/mol. The van der Waals surface area contributed by atoms with Gasteiger partial charge in [-0.3, -0.25) is 4.98 Å². The van der Waals surface area contributed by atoms with E-state index < -0.39 is 10.0 Å². The van der Waals surface area contributed by atoms with Crippen molar-refractivity contribution in [2.24, 2.45) is 11.8 Å². The third-order valence-electron chi connectivity index (χ3n) is 4.84. The van der Waals surface area contributed by atoms with E-state index in [9.17, 15) is 8.42 Å². The number of nitrogens with one attached hydrogen (secondary N) is 1. The van der Waals surface area contributed by atoms with Crippen molar-refractivity contribution in [2.45, 2.75) is 25.8 Å². The molecule has 0 amide bonds. The number of nitrogens with zero attached hydrogens (tertiary/aromatic N) is 2. The Kier molecular flexibility index (Phi) is 4.28. The van der Waals surface area contributed by atoms with Gasteiger partial charge in [-0.2, -0.15) is 4.31 Å². The number of rotatable bonds is 5. The maximum atomic E-state index is 12.7. The molecule has 3 heterocycles. The average molecular weight is 309 g/mol. The second-order valence-corrected chi connectivity index (χ2v) is 8.09. The first-order chi connectivity index (χ1) is 10.1. The molecule has 1 aromatic rings. The predicted octanol–water partition coefficient (Wildman–Crippen LogP) is 0.884. The van der Waals surface area contributed by atoms with E-state index in [2.05, 4.69) is 17.2 Å². The Hall–Kier alpha value is -0.980. The van der Waals surface area contributed by atoms with Crippen molar-refractivity contribution in [1.29, 1.82) is 0 Å². The molecule has 2 aliphatic heterocycles. The molecule has 3 rings (SSSR count). The average Bonchev–Trinajstić information content (AvgIpc) is 3.07. The summed E-state index contributed by atoms with van der Waals surface area (Å²) in [7, 11) is -3.18. The van der Waals surface area contributed by atoms with E-state index in [0.29, 0.717) is 24.8 Å². The molecule has 6 heteroatoms. The summed E-state index contributed by atoms with van der Waals surface area (Å²) in [5, 5.41) is 3.39. The predicted molar refractivity (Wildman–Crippen MR) is 82.4 cm³/mol. The SMILES string of the molecule is CCC1C2CNCC2CN1S(=O)(=O)CCc1ccncc1. The second-order valence-electron chi connectivity index (χ2n) is 6.05. The number of aryl methyl sites for hydroxylation is 1. The summed E-state index contributed by atoms with van der Waals surface area (Å²) in [5.74, 6) is 1.18. The third kappa shape index (κ3) is 2.98. The lowest BCUT2D eigenvalue weighted by Crippen LogP contribution is -2.41. The van der Waals surface area contributed by atoms with Crippen molar-refractivity contribution in [3.63, 3.8) is 0 Å². The van der Waals surface area contributed by atoms with E-state index in [-0.39, 0.29) is 11.8 Å². The summed E-state index contributed by atoms with van der Waals surface area (Å²) in [6.07, 6.45) is 4.88. The Bertz CT molecular complexity index is 576. The van der Waals surface area contributed by atoms with Gasteiger partial charge in [0.25, 0.3) is 0 Å². The van der Waals surface area contributed by atoms with Crippen LogP contribution in [0.3, 0.4) is 0 Å². The molecule has 0 aliphatic carbocycles. The molecule has 0 bridgehead atoms. The zero-order chi connectivity index (χ0) is 14.9. The van der Waals surface area contributed by atoms with Gasteiger partial charge in [-0.15, -0.1) is 0 Å². The normalized spacial score (nSPS) is 29.7. The highest BCUT2D eigenvalue weighted by atomic mass is 32.2. The summed E-state index contributed by atoms with van der Waals surface area (Å²) in [4.78, 5) is 3.96. The van der Waals surface area contributed by atoms with Crippen LogP contribution in [0, 0.1) is 11.8 Å². The molecule has 116 valence electrons. The molecule has 21 heavy (non-hydrogen) atoms. The first-order valence-electron chi connectivity index (χ1n) is 7.71. The van der Waals surface area contributed by atoms with Crippen LogP contribution >= 0.6 is 0 Å². The van der Waals surface area contributed by atoms with Gasteiger partial charge in [-0.25, -0.2) is 8.42 Å². The van der Waals surface area contributed by atoms with E-state index >= 15 is 0 Å². The van der Waals surface area contributed by atoms with Gasteiger partial charge < -0.3 is 5.32 Å². The van der Waals surface area contributed by atoms with Gasteiger partial charge in [0.05, 0.1) is 5.75 Å². The minimum atomic E-state index is -3.18. The van der Waals surface area contributed by atoms with E-state index in [1.54, 1.807) is 16.7 Å². The number of hydrogen-bond donors (Lipinski definition) is 1. The number of aromatic nitrogens is 1. The van der Waals surface area contributed by atoms with Gasteiger partial charge >= 0.3 is 0 Å². The van der Waals surface area contributed by atoms with Crippen LogP contribution in [0.4, 0.5) is 0 Å². The van der Waals surface area contributed by atoms with Gasteiger partial charge in [0.1, 0.15) is 0 Å². The van der Waals surface area contributed by atoms with Crippen molar-refractivity contribution < 1.29 is 8.42 Å². The fourth-order valence-corrected chi connectivity index (χ4v) is 5.59. The Morgan fingerprint density at radius 3 is 2.81 bits per heavy atom. The minimum Gasteiger partial charge on any atom is -0.316 e. The van der Waals surface area contributed by atoms with Crippen LogP contribution in [0.25, 0.3) is 0 Å². The Labute approximate surface area is 126 Å². The van der Waals surface area contributed by atoms with Crippen LogP contribution < -0.4 is 5.32 Å². The number of sulfonamides is 1. The molecule has 2 fully saturated rings. The highest BCUT2D eigenvalue weighted by Crippen LogP contribution is 2.36. The van der Waals surface area contributed by atoms with Gasteiger partial charge in [0, 0.05) is 25.0 Å². The summed E-state index contributed by atoms with van der Waals surface area (Å²) >= 11 is 0. The van der Waals surface area contributed by atoms with E-state index in [0.717, 1.165) is 25.1 Å². The van der Waals surface area contributed by atoms with Crippen LogP contribution in [0.1, 0.15) is 18.9 Å². The van der Waals surface area contributed by atoms with Crippen molar-refractivity contribution in [3.8, 4) is 0 Å². The summed E-state index contributed by atoms with van der Waals surface area (Å²) in [6, 6.07) is 3.94. The molecule has 0 saturated carbocycles. The minimum absolute atomic E-state index is 0.174. The van der Waals surface area contributed by atoms with E-state index in [4.69, 9.17) is 0 Å². The maximum Gasteiger partial charge on any atom is 0.214 e. The lowest BCUT2D eigenvalue weighted by atomic mass is 9.93. The molecule has 0 radical (unpaired) electrons. The summed E-state index contributed by atoms with van der Waals surface area (Å²) in [6.45, 7) is 4.70. The summed E-state index contributed by atoms with van der Waals surface area (Å²) in [5.41, 5.74) is 1.03. The quantitative estimate of drug-likeness (QED) is 0.877. The van der Waals surface area contributed by atoms with E-state index in [1.807, 2.05) is 12.1 Å². The smallest absolute Gasteiger partial charge is 0.214 e. The number of hydrogen-bond acceptors (Lipinski definition) is 4. The fraction of sp³-hybridized carbons (Fsp3) is 0.667. The molecule has 2 saturated heterocycles. The molecule has 2 aliphatic rings. The topological polar surface area (TPSA) is 62.3 Å². The fourth-order valence-electron chi connectivity index (χ4n) is 3.72. The number of fused-ring (bicyclic) bond motifs is 1. The highest BCUT2D eigenvalue weighted by Gasteiger charge is 2.47. The maximum absolute atomic E-state index is 12.7. The molecular formula is C15H23N3O2S. The van der Waals surface area contributed by atoms with Crippen molar-refractivity contribution in [2.75, 3.05) is 25.4 Å². The van der Waals surface area contributed by atoms with E-state index in [1.165, 1.54) is 0 Å².